The van der Waals surface area contributed by atoms with Crippen molar-refractivity contribution in [2.45, 2.75) is 19.9 Å². The molecular formula is C27H31N5O3S2. The number of carbonyl (C=O) groups excluding carboxylic acids is 1. The number of benzene rings is 1. The van der Waals surface area contributed by atoms with Crippen LogP contribution in [0, 0.1) is 18.3 Å². The Balaban J connectivity index is 1.64. The predicted octanol–water partition coefficient (Wildman–Crippen LogP) is 3.13. The number of nitrogens with zero attached hydrogens (tertiary/aromatic N) is 5. The van der Waals surface area contributed by atoms with Crippen molar-refractivity contribution in [1.82, 2.24) is 14.4 Å². The van der Waals surface area contributed by atoms with Crippen LogP contribution in [0.5, 0.6) is 0 Å². The van der Waals surface area contributed by atoms with Crippen molar-refractivity contribution in [2.75, 3.05) is 51.3 Å². The quantitative estimate of drug-likeness (QED) is 0.289. The highest BCUT2D eigenvalue weighted by molar-refractivity contribution is 8.26. The molecule has 1 aromatic heterocycles. The van der Waals surface area contributed by atoms with Gasteiger partial charge in [-0.2, -0.15) is 5.26 Å². The second kappa shape index (κ2) is 12.0. The van der Waals surface area contributed by atoms with Crippen molar-refractivity contribution in [3.63, 3.8) is 0 Å². The molecule has 0 aliphatic carbocycles. The van der Waals surface area contributed by atoms with Crippen molar-refractivity contribution in [3.05, 3.63) is 67.8 Å². The van der Waals surface area contributed by atoms with Crippen LogP contribution in [0.25, 0.3) is 6.08 Å². The minimum absolute atomic E-state index is 0.0933. The van der Waals surface area contributed by atoms with Gasteiger partial charge in [-0.1, -0.05) is 54.3 Å². The van der Waals surface area contributed by atoms with E-state index in [1.807, 2.05) is 18.2 Å². The molecule has 0 atom stereocenters. The van der Waals surface area contributed by atoms with Crippen molar-refractivity contribution in [2.24, 2.45) is 7.05 Å². The number of thiocarbonyl (C=S) groups is 1. The van der Waals surface area contributed by atoms with Crippen LogP contribution in [0.1, 0.15) is 28.7 Å². The van der Waals surface area contributed by atoms with Gasteiger partial charge in [0.1, 0.15) is 21.8 Å². The number of hydrogen-bond donors (Lipinski definition) is 0. The highest BCUT2D eigenvalue weighted by Gasteiger charge is 2.33. The summed E-state index contributed by atoms with van der Waals surface area (Å²) in [6.45, 7) is 6.81. The summed E-state index contributed by atoms with van der Waals surface area (Å²) in [6, 6.07) is 12.4. The fourth-order valence-corrected chi connectivity index (χ4v) is 6.03. The Morgan fingerprint density at radius 1 is 1.16 bits per heavy atom. The monoisotopic (exact) mass is 537 g/mol. The molecule has 0 spiro atoms. The number of amides is 1. The normalized spacial score (nSPS) is 17.6. The Morgan fingerprint density at radius 2 is 1.86 bits per heavy atom. The molecule has 194 valence electrons. The molecular weight excluding hydrogens is 506 g/mol. The number of ether oxygens (including phenoxy) is 1. The lowest BCUT2D eigenvalue weighted by atomic mass is 10.0. The molecule has 10 heteroatoms. The van der Waals surface area contributed by atoms with Gasteiger partial charge in [0.15, 0.2) is 0 Å². The van der Waals surface area contributed by atoms with E-state index in [9.17, 15) is 14.9 Å². The molecule has 3 heterocycles. The summed E-state index contributed by atoms with van der Waals surface area (Å²) < 4.78 is 7.16. The smallest absolute Gasteiger partial charge is 0.270 e. The lowest BCUT2D eigenvalue weighted by Crippen LogP contribution is -2.48. The molecule has 1 amide bonds. The van der Waals surface area contributed by atoms with E-state index in [0.717, 1.165) is 38.5 Å². The van der Waals surface area contributed by atoms with E-state index in [2.05, 4.69) is 28.0 Å². The Kier molecular flexibility index (Phi) is 8.82. The van der Waals surface area contributed by atoms with Gasteiger partial charge < -0.3 is 9.64 Å². The zero-order valence-corrected chi connectivity index (χ0v) is 23.0. The number of carbonyl (C=O) groups is 1. The number of pyridine rings is 1. The molecule has 2 saturated heterocycles. The van der Waals surface area contributed by atoms with Gasteiger partial charge >= 0.3 is 0 Å². The van der Waals surface area contributed by atoms with Gasteiger partial charge in [0.05, 0.1) is 4.91 Å². The average Bonchev–Trinajstić information content (AvgIpc) is 3.16. The third kappa shape index (κ3) is 5.80. The van der Waals surface area contributed by atoms with Gasteiger partial charge in [-0.25, -0.2) is 0 Å². The van der Waals surface area contributed by atoms with E-state index < -0.39 is 0 Å². The first kappa shape index (κ1) is 27.1. The molecule has 0 N–H and O–H groups in total. The molecule has 8 nitrogen and oxygen atoms in total. The third-order valence-electron chi connectivity index (χ3n) is 6.77. The van der Waals surface area contributed by atoms with Gasteiger partial charge in [0.25, 0.3) is 11.5 Å². The second-order valence-electron chi connectivity index (χ2n) is 9.14. The first-order chi connectivity index (χ1) is 17.8. The van der Waals surface area contributed by atoms with Crippen LogP contribution in [0.3, 0.4) is 0 Å². The van der Waals surface area contributed by atoms with E-state index in [-0.39, 0.29) is 17.0 Å². The van der Waals surface area contributed by atoms with E-state index in [1.165, 1.54) is 17.3 Å². The largest absolute Gasteiger partial charge is 0.385 e. The molecule has 0 bridgehead atoms. The summed E-state index contributed by atoms with van der Waals surface area (Å²) >= 11 is 6.73. The Hall–Kier alpha value is -2.97. The first-order valence-electron chi connectivity index (χ1n) is 12.2. The number of methoxy groups -OCH3 is 1. The van der Waals surface area contributed by atoms with Crippen molar-refractivity contribution < 1.29 is 9.53 Å². The predicted molar refractivity (Wildman–Crippen MR) is 151 cm³/mol. The number of hydrogen-bond acceptors (Lipinski definition) is 8. The molecule has 2 fully saturated rings. The summed E-state index contributed by atoms with van der Waals surface area (Å²) in [4.78, 5) is 32.9. The van der Waals surface area contributed by atoms with Crippen LogP contribution in [0.15, 0.2) is 40.0 Å². The number of nitriles is 1. The van der Waals surface area contributed by atoms with Crippen LogP contribution >= 0.6 is 24.0 Å². The average molecular weight is 538 g/mol. The molecule has 0 radical (unpaired) electrons. The molecule has 37 heavy (non-hydrogen) atoms. The number of thioether (sulfide) groups is 1. The molecule has 0 saturated carbocycles. The molecule has 1 aromatic carbocycles. The minimum Gasteiger partial charge on any atom is -0.385 e. The summed E-state index contributed by atoms with van der Waals surface area (Å²) in [5.74, 6) is 0.571. The topological polar surface area (TPSA) is 81.8 Å². The highest BCUT2D eigenvalue weighted by Crippen LogP contribution is 2.36. The van der Waals surface area contributed by atoms with Crippen LogP contribution < -0.4 is 10.5 Å². The third-order valence-corrected chi connectivity index (χ3v) is 8.15. The van der Waals surface area contributed by atoms with E-state index in [1.54, 1.807) is 36.6 Å². The van der Waals surface area contributed by atoms with E-state index in [0.29, 0.717) is 39.9 Å². The maximum Gasteiger partial charge on any atom is 0.270 e. The van der Waals surface area contributed by atoms with E-state index >= 15 is 0 Å². The number of piperazine rings is 1. The maximum absolute atomic E-state index is 13.2. The van der Waals surface area contributed by atoms with Crippen molar-refractivity contribution in [1.29, 1.82) is 5.26 Å². The number of aromatic nitrogens is 1. The fraction of sp³-hybridized carbons (Fsp3) is 0.407. The zero-order chi connectivity index (χ0) is 26.5. The Morgan fingerprint density at radius 3 is 2.51 bits per heavy atom. The van der Waals surface area contributed by atoms with Gasteiger partial charge in [-0.05, 0) is 30.5 Å². The van der Waals surface area contributed by atoms with Crippen LogP contribution in [-0.2, 0) is 23.1 Å². The van der Waals surface area contributed by atoms with E-state index in [4.69, 9.17) is 17.0 Å². The SMILES string of the molecule is COCCCN1C(=O)C(=Cc2c(C)c(C#N)c(=O)n(C)c2N2CCN(Cc3ccccc3)CC2)SC1=S. The summed E-state index contributed by atoms with van der Waals surface area (Å²) in [5, 5.41) is 9.72. The van der Waals surface area contributed by atoms with Crippen molar-refractivity contribution in [3.8, 4) is 6.07 Å². The van der Waals surface area contributed by atoms with Gasteiger partial charge in [-0.15, -0.1) is 0 Å². The molecule has 2 aliphatic heterocycles. The molecule has 0 unspecified atom stereocenters. The van der Waals surface area contributed by atoms with Gasteiger partial charge in [0.2, 0.25) is 0 Å². The summed E-state index contributed by atoms with van der Waals surface area (Å²) in [7, 11) is 3.32. The number of anilines is 1. The summed E-state index contributed by atoms with van der Waals surface area (Å²) in [5.41, 5.74) is 2.33. The summed E-state index contributed by atoms with van der Waals surface area (Å²) in [6.07, 6.45) is 2.49. The minimum atomic E-state index is -0.328. The second-order valence-corrected chi connectivity index (χ2v) is 10.8. The Labute approximate surface area is 227 Å². The van der Waals surface area contributed by atoms with Crippen molar-refractivity contribution >= 4 is 46.1 Å². The molecule has 2 aromatic rings. The standard InChI is InChI=1S/C27H31N5O3S2/c1-19-21(16-23-26(34)32(27(36)37-23)10-7-15-35-3)24(29(2)25(33)22(19)17-28)31-13-11-30(12-14-31)18-20-8-5-4-6-9-20/h4-6,8-9,16H,7,10-15,18H2,1-3H3. The lowest BCUT2D eigenvalue weighted by Gasteiger charge is -2.37. The molecule has 2 aliphatic rings. The first-order valence-corrected chi connectivity index (χ1v) is 13.5. The van der Waals surface area contributed by atoms with Crippen LogP contribution in [0.4, 0.5) is 5.82 Å². The van der Waals surface area contributed by atoms with Crippen LogP contribution in [-0.4, -0.2) is 71.0 Å². The van der Waals surface area contributed by atoms with Gasteiger partial charge in [-0.3, -0.25) is 24.0 Å². The molecule has 4 rings (SSSR count). The maximum atomic E-state index is 13.2. The lowest BCUT2D eigenvalue weighted by molar-refractivity contribution is -0.122. The van der Waals surface area contributed by atoms with Crippen LogP contribution in [0.2, 0.25) is 0 Å². The highest BCUT2D eigenvalue weighted by atomic mass is 32.2. The Bertz CT molecular complexity index is 1310. The fourth-order valence-electron chi connectivity index (χ4n) is 4.74. The van der Waals surface area contributed by atoms with Gasteiger partial charge in [0, 0.05) is 65.6 Å². The zero-order valence-electron chi connectivity index (χ0n) is 21.4. The number of rotatable bonds is 8.